The molecule has 7 heteroatoms. The highest BCUT2D eigenvalue weighted by Crippen LogP contribution is 2.37. The van der Waals surface area contributed by atoms with E-state index in [-0.39, 0.29) is 17.0 Å². The number of sulfonamides is 1. The molecule has 34 heavy (non-hydrogen) atoms. The molecule has 2 heterocycles. The number of rotatable bonds is 5. The molecule has 0 unspecified atom stereocenters. The largest absolute Gasteiger partial charge is 0.369 e. The van der Waals surface area contributed by atoms with E-state index in [1.165, 1.54) is 49.1 Å². The van der Waals surface area contributed by atoms with Gasteiger partial charge in [-0.25, -0.2) is 12.8 Å². The van der Waals surface area contributed by atoms with Gasteiger partial charge >= 0.3 is 0 Å². The van der Waals surface area contributed by atoms with Gasteiger partial charge in [0.2, 0.25) is 10.0 Å². The van der Waals surface area contributed by atoms with Gasteiger partial charge in [0.1, 0.15) is 5.82 Å². The summed E-state index contributed by atoms with van der Waals surface area (Å²) in [5.41, 5.74) is 3.85. The van der Waals surface area contributed by atoms with Crippen molar-refractivity contribution in [1.29, 1.82) is 0 Å². The molecule has 0 N–H and O–H groups in total. The van der Waals surface area contributed by atoms with Gasteiger partial charge in [-0.2, -0.15) is 4.31 Å². The monoisotopic (exact) mass is 485 g/mol. The first-order chi connectivity index (χ1) is 16.2. The third-order valence-corrected chi connectivity index (χ3v) is 9.66. The van der Waals surface area contributed by atoms with E-state index < -0.39 is 10.0 Å². The van der Waals surface area contributed by atoms with Gasteiger partial charge in [-0.1, -0.05) is 44.9 Å². The van der Waals surface area contributed by atoms with Crippen molar-refractivity contribution in [3.05, 3.63) is 65.0 Å². The Labute approximate surface area is 203 Å². The van der Waals surface area contributed by atoms with E-state index >= 15 is 0 Å². The molecule has 3 aliphatic rings. The Morgan fingerprint density at radius 1 is 0.971 bits per heavy atom. The van der Waals surface area contributed by atoms with Gasteiger partial charge in [0.05, 0.1) is 5.75 Å². The molecule has 1 aliphatic carbocycles. The summed E-state index contributed by atoms with van der Waals surface area (Å²) in [6.45, 7) is 9.31. The number of nitrogens with zero attached hydrogens (tertiary/aromatic N) is 3. The van der Waals surface area contributed by atoms with Gasteiger partial charge in [-0.3, -0.25) is 4.90 Å². The maximum absolute atomic E-state index is 13.3. The molecule has 0 bridgehead atoms. The van der Waals surface area contributed by atoms with Crippen LogP contribution in [0.15, 0.2) is 42.5 Å². The van der Waals surface area contributed by atoms with Crippen LogP contribution in [0.2, 0.25) is 0 Å². The van der Waals surface area contributed by atoms with Crippen molar-refractivity contribution in [1.82, 2.24) is 9.21 Å². The molecule has 5 rings (SSSR count). The Morgan fingerprint density at radius 3 is 2.32 bits per heavy atom. The number of hydrogen-bond donors (Lipinski definition) is 0. The lowest BCUT2D eigenvalue weighted by atomic mass is 9.79. The number of hydrogen-bond acceptors (Lipinski definition) is 4. The minimum absolute atomic E-state index is 0.110. The molecule has 0 amide bonds. The molecule has 2 aromatic carbocycles. The highest BCUT2D eigenvalue weighted by Gasteiger charge is 2.37. The van der Waals surface area contributed by atoms with Crippen LogP contribution >= 0.6 is 0 Å². The van der Waals surface area contributed by atoms with Gasteiger partial charge in [0, 0.05) is 56.4 Å². The lowest BCUT2D eigenvalue weighted by molar-refractivity contribution is 0.187. The van der Waals surface area contributed by atoms with Crippen LogP contribution in [-0.2, 0) is 27.7 Å². The second-order valence-corrected chi connectivity index (χ2v) is 12.8. The predicted molar refractivity (Wildman–Crippen MR) is 135 cm³/mol. The van der Waals surface area contributed by atoms with Crippen molar-refractivity contribution >= 4 is 15.7 Å². The summed E-state index contributed by atoms with van der Waals surface area (Å²) >= 11 is 0. The third-order valence-electron chi connectivity index (χ3n) is 7.91. The summed E-state index contributed by atoms with van der Waals surface area (Å²) in [5, 5.41) is 0. The molecular weight excluding hydrogens is 449 g/mol. The first-order valence-electron chi connectivity index (χ1n) is 12.6. The first kappa shape index (κ1) is 23.8. The molecule has 1 saturated carbocycles. The number of fused-ring (bicyclic) bond motifs is 1. The van der Waals surface area contributed by atoms with E-state index in [9.17, 15) is 12.8 Å². The zero-order chi connectivity index (χ0) is 23.9. The Morgan fingerprint density at radius 2 is 1.65 bits per heavy atom. The molecule has 0 spiro atoms. The summed E-state index contributed by atoms with van der Waals surface area (Å²) in [7, 11) is -3.53. The van der Waals surface area contributed by atoms with Crippen molar-refractivity contribution in [3.8, 4) is 0 Å². The van der Waals surface area contributed by atoms with Crippen LogP contribution in [0, 0.1) is 5.82 Å². The molecule has 5 nitrogen and oxygen atoms in total. The number of anilines is 1. The van der Waals surface area contributed by atoms with Crippen LogP contribution < -0.4 is 4.90 Å². The van der Waals surface area contributed by atoms with Crippen molar-refractivity contribution in [3.63, 3.8) is 0 Å². The molecule has 2 aromatic rings. The van der Waals surface area contributed by atoms with Crippen LogP contribution in [0.5, 0.6) is 0 Å². The van der Waals surface area contributed by atoms with Gasteiger partial charge in [-0.15, -0.1) is 0 Å². The first-order valence-corrected chi connectivity index (χ1v) is 14.2. The highest BCUT2D eigenvalue weighted by atomic mass is 32.2. The summed E-state index contributed by atoms with van der Waals surface area (Å²) in [5.74, 6) is -0.465. The normalized spacial score (nSPS) is 22.1. The highest BCUT2D eigenvalue weighted by molar-refractivity contribution is 7.88. The SMILES string of the molecule is CC1(C)CN(S(=O)(=O)Cc2ccc(F)cc2)Cc2cc(N3CCN(C4CCCC4)CC3)ccc21. The van der Waals surface area contributed by atoms with Crippen LogP contribution in [0.1, 0.15) is 56.2 Å². The summed E-state index contributed by atoms with van der Waals surface area (Å²) < 4.78 is 41.5. The van der Waals surface area contributed by atoms with E-state index in [1.807, 2.05) is 0 Å². The maximum Gasteiger partial charge on any atom is 0.218 e. The van der Waals surface area contributed by atoms with Gasteiger partial charge in [0.25, 0.3) is 0 Å². The van der Waals surface area contributed by atoms with E-state index in [0.29, 0.717) is 18.7 Å². The number of piperazine rings is 1. The van der Waals surface area contributed by atoms with Gasteiger partial charge in [0.15, 0.2) is 0 Å². The van der Waals surface area contributed by atoms with Crippen LogP contribution in [-0.4, -0.2) is 56.4 Å². The Kier molecular flexibility index (Phi) is 6.46. The quantitative estimate of drug-likeness (QED) is 0.625. The van der Waals surface area contributed by atoms with Crippen LogP contribution in [0.25, 0.3) is 0 Å². The zero-order valence-corrected chi connectivity index (χ0v) is 21.2. The fourth-order valence-electron chi connectivity index (χ4n) is 6.03. The van der Waals surface area contributed by atoms with Crippen molar-refractivity contribution in [2.45, 2.75) is 63.3 Å². The predicted octanol–water partition coefficient (Wildman–Crippen LogP) is 4.51. The van der Waals surface area contributed by atoms with Crippen molar-refractivity contribution in [2.75, 3.05) is 37.6 Å². The van der Waals surface area contributed by atoms with E-state index in [4.69, 9.17) is 0 Å². The average Bonchev–Trinajstić information content (AvgIpc) is 3.35. The Balaban J connectivity index is 1.32. The Bertz CT molecular complexity index is 1120. The third kappa shape index (κ3) is 4.88. The smallest absolute Gasteiger partial charge is 0.218 e. The molecule has 2 fully saturated rings. The molecule has 2 aliphatic heterocycles. The maximum atomic E-state index is 13.3. The fraction of sp³-hybridized carbons (Fsp3) is 0.556. The zero-order valence-electron chi connectivity index (χ0n) is 20.3. The molecule has 1 saturated heterocycles. The van der Waals surface area contributed by atoms with Crippen LogP contribution in [0.3, 0.4) is 0 Å². The fourth-order valence-corrected chi connectivity index (χ4v) is 7.69. The summed E-state index contributed by atoms with van der Waals surface area (Å²) in [6, 6.07) is 13.1. The molecular formula is C27H36FN3O2S. The lowest BCUT2D eigenvalue weighted by Crippen LogP contribution is -2.50. The molecule has 0 atom stereocenters. The van der Waals surface area contributed by atoms with E-state index in [2.05, 4.69) is 41.8 Å². The van der Waals surface area contributed by atoms with Gasteiger partial charge < -0.3 is 4.90 Å². The molecule has 0 radical (unpaired) electrons. The van der Waals surface area contributed by atoms with E-state index in [0.717, 1.165) is 37.8 Å². The Hall–Kier alpha value is -1.96. The second kappa shape index (κ2) is 9.25. The van der Waals surface area contributed by atoms with Crippen molar-refractivity contribution in [2.24, 2.45) is 0 Å². The average molecular weight is 486 g/mol. The standard InChI is InChI=1S/C27H36FN3O2S/c1-27(2)20-31(34(32,33)19-21-7-9-23(28)10-8-21)18-22-17-25(11-12-26(22)27)30-15-13-29(14-16-30)24-5-3-4-6-24/h7-12,17,24H,3-6,13-16,18-20H2,1-2H3. The second-order valence-electron chi connectivity index (χ2n) is 10.8. The topological polar surface area (TPSA) is 43.9 Å². The molecule has 0 aromatic heterocycles. The minimum atomic E-state index is -3.53. The number of benzene rings is 2. The minimum Gasteiger partial charge on any atom is -0.369 e. The summed E-state index contributed by atoms with van der Waals surface area (Å²) in [4.78, 5) is 5.11. The summed E-state index contributed by atoms with van der Waals surface area (Å²) in [6.07, 6.45) is 5.42. The molecule has 184 valence electrons. The van der Waals surface area contributed by atoms with Gasteiger partial charge in [-0.05, 0) is 53.8 Å². The van der Waals surface area contributed by atoms with E-state index in [1.54, 1.807) is 16.4 Å². The van der Waals surface area contributed by atoms with Crippen LogP contribution in [0.4, 0.5) is 10.1 Å². The van der Waals surface area contributed by atoms with Crippen molar-refractivity contribution < 1.29 is 12.8 Å². The number of halogens is 1. The lowest BCUT2D eigenvalue weighted by Gasteiger charge is -2.41.